The number of aldehydes is 1. The van der Waals surface area contributed by atoms with Crippen molar-refractivity contribution in [3.8, 4) is 0 Å². The van der Waals surface area contributed by atoms with Crippen LogP contribution in [0.2, 0.25) is 0 Å². The van der Waals surface area contributed by atoms with Crippen LogP contribution in [0.4, 0.5) is 5.69 Å². The minimum Gasteiger partial charge on any atom is -0.465 e. The summed E-state index contributed by atoms with van der Waals surface area (Å²) in [6.45, 7) is 2.58. The Morgan fingerprint density at radius 2 is 2.16 bits per heavy atom. The van der Waals surface area contributed by atoms with E-state index in [1.807, 2.05) is 30.3 Å². The lowest BCUT2D eigenvalue weighted by Gasteiger charge is -2.30. The Kier molecular flexibility index (Phi) is 4.88. The summed E-state index contributed by atoms with van der Waals surface area (Å²) in [6, 6.07) is 10.9. The van der Waals surface area contributed by atoms with Gasteiger partial charge in [0.25, 0.3) is 0 Å². The lowest BCUT2D eigenvalue weighted by Crippen LogP contribution is -2.40. The average molecular weight is 337 g/mol. The van der Waals surface area contributed by atoms with E-state index < -0.39 is 11.4 Å². The number of hydrogen-bond donors (Lipinski definition) is 1. The topological polar surface area (TPSA) is 80.7 Å². The molecule has 128 valence electrons. The number of rotatable bonds is 6. The van der Waals surface area contributed by atoms with Gasteiger partial charge in [-0.2, -0.15) is 0 Å². The van der Waals surface area contributed by atoms with Gasteiger partial charge in [-0.3, -0.25) is 9.78 Å². The zero-order valence-corrected chi connectivity index (χ0v) is 13.9. The smallest absolute Gasteiger partial charge is 0.323 e. The molecule has 25 heavy (non-hydrogen) atoms. The zero-order chi connectivity index (χ0) is 17.7. The van der Waals surface area contributed by atoms with Crippen LogP contribution in [0, 0.1) is 0 Å². The van der Waals surface area contributed by atoms with Crippen LogP contribution in [0.25, 0.3) is 0 Å². The van der Waals surface area contributed by atoms with Gasteiger partial charge in [-0.1, -0.05) is 30.3 Å². The number of benzene rings is 1. The van der Waals surface area contributed by atoms with Crippen LogP contribution in [-0.2, 0) is 26.3 Å². The average Bonchev–Trinajstić information content (AvgIpc) is 2.66. The summed E-state index contributed by atoms with van der Waals surface area (Å²) in [5.74, 6) is -0.487. The summed E-state index contributed by atoms with van der Waals surface area (Å²) >= 11 is 0. The molecule has 0 spiro atoms. The summed E-state index contributed by atoms with van der Waals surface area (Å²) in [4.78, 5) is 33.2. The van der Waals surface area contributed by atoms with E-state index in [0.29, 0.717) is 17.8 Å². The van der Waals surface area contributed by atoms with Crippen LogP contribution in [-0.4, -0.2) is 30.2 Å². The Morgan fingerprint density at radius 1 is 1.36 bits per heavy atom. The van der Waals surface area contributed by atoms with Crippen LogP contribution >= 0.6 is 0 Å². The summed E-state index contributed by atoms with van der Waals surface area (Å²) in [5, 5.41) is 3.02. The number of ether oxygens (including phenoxy) is 1. The molecule has 0 amide bonds. The fraction of sp³-hybridized carbons (Fsp3) is 0.263. The van der Waals surface area contributed by atoms with E-state index >= 15 is 0 Å². The maximum absolute atomic E-state index is 13.0. The second kappa shape index (κ2) is 7.25. The molecule has 0 bridgehead atoms. The predicted molar refractivity (Wildman–Crippen MR) is 93.8 cm³/mol. The molecular formula is C19H19N3O3. The molecule has 1 unspecified atom stereocenters. The van der Waals surface area contributed by atoms with E-state index in [-0.39, 0.29) is 13.0 Å². The van der Waals surface area contributed by atoms with Crippen molar-refractivity contribution >= 4 is 24.3 Å². The number of pyridine rings is 1. The molecule has 1 aromatic carbocycles. The highest BCUT2D eigenvalue weighted by Gasteiger charge is 2.45. The first kappa shape index (κ1) is 16.8. The third kappa shape index (κ3) is 3.03. The van der Waals surface area contributed by atoms with Crippen LogP contribution in [0.1, 0.15) is 30.2 Å². The van der Waals surface area contributed by atoms with Crippen molar-refractivity contribution < 1.29 is 14.3 Å². The lowest BCUT2D eigenvalue weighted by molar-refractivity contribution is -0.149. The number of carbonyl (C=O) groups excluding carboxylic acids is 2. The maximum atomic E-state index is 13.0. The van der Waals surface area contributed by atoms with E-state index in [2.05, 4.69) is 15.3 Å². The van der Waals surface area contributed by atoms with E-state index in [1.54, 1.807) is 25.5 Å². The summed E-state index contributed by atoms with van der Waals surface area (Å²) in [6.07, 6.45) is 3.98. The van der Waals surface area contributed by atoms with Crippen LogP contribution in [0.5, 0.6) is 0 Å². The molecular weight excluding hydrogens is 318 g/mol. The van der Waals surface area contributed by atoms with Gasteiger partial charge in [0.05, 0.1) is 24.3 Å². The van der Waals surface area contributed by atoms with Gasteiger partial charge in [-0.25, -0.2) is 4.99 Å². The van der Waals surface area contributed by atoms with E-state index in [4.69, 9.17) is 4.74 Å². The van der Waals surface area contributed by atoms with E-state index in [0.717, 1.165) is 17.5 Å². The number of nitrogens with one attached hydrogen (secondary N) is 1. The van der Waals surface area contributed by atoms with Crippen molar-refractivity contribution in [1.29, 1.82) is 0 Å². The normalized spacial score (nSPS) is 14.8. The van der Waals surface area contributed by atoms with Gasteiger partial charge in [0.2, 0.25) is 0 Å². The molecule has 2 aromatic rings. The van der Waals surface area contributed by atoms with Crippen molar-refractivity contribution in [3.63, 3.8) is 0 Å². The van der Waals surface area contributed by atoms with E-state index in [9.17, 15) is 9.59 Å². The van der Waals surface area contributed by atoms with Crippen molar-refractivity contribution in [3.05, 3.63) is 59.4 Å². The van der Waals surface area contributed by atoms with Gasteiger partial charge >= 0.3 is 5.97 Å². The molecule has 1 atom stereocenters. The first-order chi connectivity index (χ1) is 12.2. The van der Waals surface area contributed by atoms with Gasteiger partial charge < -0.3 is 14.8 Å². The minimum atomic E-state index is -1.28. The van der Waals surface area contributed by atoms with E-state index in [1.165, 1.54) is 0 Å². The number of nitrogens with zero attached hydrogens (tertiary/aromatic N) is 2. The highest BCUT2D eigenvalue weighted by molar-refractivity contribution is 5.90. The molecule has 0 saturated carbocycles. The van der Waals surface area contributed by atoms with Gasteiger partial charge in [0.1, 0.15) is 11.7 Å². The third-order valence-corrected chi connectivity index (χ3v) is 4.27. The van der Waals surface area contributed by atoms with Crippen molar-refractivity contribution in [1.82, 2.24) is 10.3 Å². The summed E-state index contributed by atoms with van der Waals surface area (Å²) in [7, 11) is 0. The second-order valence-electron chi connectivity index (χ2n) is 5.70. The quantitative estimate of drug-likeness (QED) is 0.646. The predicted octanol–water partition coefficient (Wildman–Crippen LogP) is 2.28. The fourth-order valence-electron chi connectivity index (χ4n) is 3.01. The summed E-state index contributed by atoms with van der Waals surface area (Å²) < 4.78 is 5.32. The molecule has 1 aromatic heterocycles. The molecule has 1 aliphatic rings. The van der Waals surface area contributed by atoms with Crippen molar-refractivity contribution in [2.75, 3.05) is 6.61 Å². The number of aliphatic imine (C=N–C) groups is 1. The molecule has 0 radical (unpaired) electrons. The van der Waals surface area contributed by atoms with Crippen molar-refractivity contribution in [2.45, 2.75) is 25.3 Å². The van der Waals surface area contributed by atoms with Gasteiger partial charge in [-0.05, 0) is 18.6 Å². The number of hydrogen-bond acceptors (Lipinski definition) is 6. The number of esters is 1. The lowest BCUT2D eigenvalue weighted by atomic mass is 9.74. The number of carbonyl (C=O) groups is 2. The highest BCUT2D eigenvalue weighted by atomic mass is 16.5. The fourth-order valence-corrected chi connectivity index (χ4v) is 3.01. The third-order valence-electron chi connectivity index (χ3n) is 4.27. The second-order valence-corrected chi connectivity index (χ2v) is 5.70. The standard InChI is InChI=1S/C19H19N3O3/c1-2-25-18(24)19(8-9-23,15-6-4-3-5-7-15)17-10-16-14(12-21-17)11-20-13-22-16/h3-7,9-10,12-13H,2,8,11H2,1H3,(H,20,22). The SMILES string of the molecule is CCOC(=O)C(CC=O)(c1ccccc1)c1cc2c(cn1)CNC=N2. The molecule has 0 aliphatic carbocycles. The largest absolute Gasteiger partial charge is 0.465 e. The minimum absolute atomic E-state index is 0.0520. The van der Waals surface area contributed by atoms with Gasteiger partial charge in [-0.15, -0.1) is 0 Å². The molecule has 6 heteroatoms. The Hall–Kier alpha value is -3.02. The monoisotopic (exact) mass is 337 g/mol. The first-order valence-corrected chi connectivity index (χ1v) is 8.14. The van der Waals surface area contributed by atoms with Gasteiger partial charge in [0.15, 0.2) is 0 Å². The molecule has 6 nitrogen and oxygen atoms in total. The molecule has 0 saturated heterocycles. The molecule has 1 N–H and O–H groups in total. The van der Waals surface area contributed by atoms with Gasteiger partial charge in [0, 0.05) is 24.7 Å². The summed E-state index contributed by atoms with van der Waals surface area (Å²) in [5.41, 5.74) is 1.52. The maximum Gasteiger partial charge on any atom is 0.323 e. The molecule has 2 heterocycles. The Balaban J connectivity index is 2.21. The van der Waals surface area contributed by atoms with Crippen LogP contribution in [0.15, 0.2) is 47.6 Å². The first-order valence-electron chi connectivity index (χ1n) is 8.14. The Morgan fingerprint density at radius 3 is 2.88 bits per heavy atom. The highest BCUT2D eigenvalue weighted by Crippen LogP contribution is 2.37. The Bertz CT molecular complexity index is 805. The molecule has 1 aliphatic heterocycles. The molecule has 3 rings (SSSR count). The van der Waals surface area contributed by atoms with Crippen molar-refractivity contribution in [2.24, 2.45) is 4.99 Å². The number of fused-ring (bicyclic) bond motifs is 1. The van der Waals surface area contributed by atoms with Crippen LogP contribution < -0.4 is 5.32 Å². The molecule has 0 fully saturated rings. The zero-order valence-electron chi connectivity index (χ0n) is 13.9. The Labute approximate surface area is 146 Å². The number of aromatic nitrogens is 1. The van der Waals surface area contributed by atoms with Crippen LogP contribution in [0.3, 0.4) is 0 Å².